The summed E-state index contributed by atoms with van der Waals surface area (Å²) in [7, 11) is 0. The van der Waals surface area contributed by atoms with E-state index in [1.165, 1.54) is 0 Å². The average molecular weight is 347 g/mol. The van der Waals surface area contributed by atoms with Crippen LogP contribution in [-0.4, -0.2) is 17.5 Å². The Labute approximate surface area is 153 Å². The number of carbonyl (C=O) groups excluding carboxylic acids is 1. The summed E-state index contributed by atoms with van der Waals surface area (Å²) in [5, 5.41) is 6.06. The molecular formula is C21H21N3O2. The summed E-state index contributed by atoms with van der Waals surface area (Å²) < 4.78 is 5.42. The van der Waals surface area contributed by atoms with Crippen molar-refractivity contribution < 1.29 is 9.53 Å². The molecule has 5 heteroatoms. The Hall–Kier alpha value is -3.34. The first-order valence-electron chi connectivity index (χ1n) is 8.48. The van der Waals surface area contributed by atoms with Crippen molar-refractivity contribution in [2.75, 3.05) is 17.2 Å². The van der Waals surface area contributed by atoms with Crippen molar-refractivity contribution in [2.24, 2.45) is 0 Å². The lowest BCUT2D eigenvalue weighted by atomic mass is 10.1. The fourth-order valence-electron chi connectivity index (χ4n) is 2.40. The van der Waals surface area contributed by atoms with Gasteiger partial charge in [-0.05, 0) is 62.4 Å². The first-order valence-corrected chi connectivity index (χ1v) is 8.48. The minimum absolute atomic E-state index is 0.154. The van der Waals surface area contributed by atoms with Gasteiger partial charge in [0.25, 0.3) is 5.91 Å². The maximum absolute atomic E-state index is 12.2. The number of nitrogens with zero attached hydrogens (tertiary/aromatic N) is 1. The van der Waals surface area contributed by atoms with E-state index in [9.17, 15) is 4.79 Å². The molecule has 1 amide bonds. The van der Waals surface area contributed by atoms with Gasteiger partial charge < -0.3 is 15.4 Å². The second kappa shape index (κ2) is 8.16. The number of hydrogen-bond donors (Lipinski definition) is 2. The molecule has 0 aliphatic carbocycles. The standard InChI is InChI=1S/C21H21N3O2/c1-3-26-19-11-8-17(9-12-19)23-20-13-10-18(14-22-20)24-21(25)16-6-4-15(2)5-7-16/h4-14H,3H2,1-2H3,(H,22,23)(H,24,25). The highest BCUT2D eigenvalue weighted by Gasteiger charge is 2.06. The number of nitrogens with one attached hydrogen (secondary N) is 2. The van der Waals surface area contributed by atoms with Crippen LogP contribution in [0.2, 0.25) is 0 Å². The third-order valence-corrected chi connectivity index (χ3v) is 3.77. The number of rotatable bonds is 6. The van der Waals surface area contributed by atoms with Gasteiger partial charge in [-0.3, -0.25) is 4.79 Å². The van der Waals surface area contributed by atoms with Crippen molar-refractivity contribution >= 4 is 23.1 Å². The summed E-state index contributed by atoms with van der Waals surface area (Å²) in [6.45, 7) is 4.58. The molecule has 0 atom stereocenters. The molecule has 26 heavy (non-hydrogen) atoms. The molecule has 0 bridgehead atoms. The monoisotopic (exact) mass is 347 g/mol. The first kappa shape index (κ1) is 17.5. The minimum Gasteiger partial charge on any atom is -0.494 e. The predicted octanol–water partition coefficient (Wildman–Crippen LogP) is 4.78. The van der Waals surface area contributed by atoms with Gasteiger partial charge in [0.1, 0.15) is 11.6 Å². The van der Waals surface area contributed by atoms with Crippen LogP contribution in [0.15, 0.2) is 66.9 Å². The van der Waals surface area contributed by atoms with Gasteiger partial charge in [-0.2, -0.15) is 0 Å². The van der Waals surface area contributed by atoms with Crippen LogP contribution in [-0.2, 0) is 0 Å². The van der Waals surface area contributed by atoms with Crippen molar-refractivity contribution in [1.29, 1.82) is 0 Å². The van der Waals surface area contributed by atoms with E-state index in [-0.39, 0.29) is 5.91 Å². The Balaban J connectivity index is 1.61. The van der Waals surface area contributed by atoms with Gasteiger partial charge in [-0.15, -0.1) is 0 Å². The lowest BCUT2D eigenvalue weighted by Gasteiger charge is -2.09. The quantitative estimate of drug-likeness (QED) is 0.673. The van der Waals surface area contributed by atoms with E-state index in [4.69, 9.17) is 4.74 Å². The third kappa shape index (κ3) is 4.60. The summed E-state index contributed by atoms with van der Waals surface area (Å²) in [4.78, 5) is 16.6. The number of anilines is 3. The van der Waals surface area contributed by atoms with E-state index in [1.54, 1.807) is 18.3 Å². The average Bonchev–Trinajstić information content (AvgIpc) is 2.66. The van der Waals surface area contributed by atoms with E-state index in [0.717, 1.165) is 17.0 Å². The molecule has 5 nitrogen and oxygen atoms in total. The lowest BCUT2D eigenvalue weighted by Crippen LogP contribution is -2.12. The van der Waals surface area contributed by atoms with Crippen molar-refractivity contribution in [3.05, 3.63) is 78.0 Å². The first-order chi connectivity index (χ1) is 12.6. The van der Waals surface area contributed by atoms with Gasteiger partial charge in [0.2, 0.25) is 0 Å². The Morgan fingerprint density at radius 1 is 0.962 bits per heavy atom. The highest BCUT2D eigenvalue weighted by Crippen LogP contribution is 2.20. The molecule has 0 radical (unpaired) electrons. The van der Waals surface area contributed by atoms with E-state index >= 15 is 0 Å². The second-order valence-electron chi connectivity index (χ2n) is 5.83. The largest absolute Gasteiger partial charge is 0.494 e. The van der Waals surface area contributed by atoms with Gasteiger partial charge in [0.05, 0.1) is 18.5 Å². The lowest BCUT2D eigenvalue weighted by molar-refractivity contribution is 0.102. The number of aromatic nitrogens is 1. The molecule has 3 aromatic rings. The number of benzene rings is 2. The normalized spacial score (nSPS) is 10.2. The van der Waals surface area contributed by atoms with Crippen LogP contribution in [0.3, 0.4) is 0 Å². The van der Waals surface area contributed by atoms with Gasteiger partial charge >= 0.3 is 0 Å². The highest BCUT2D eigenvalue weighted by atomic mass is 16.5. The summed E-state index contributed by atoms with van der Waals surface area (Å²) >= 11 is 0. The van der Waals surface area contributed by atoms with Gasteiger partial charge in [-0.1, -0.05) is 17.7 Å². The van der Waals surface area contributed by atoms with E-state index in [1.807, 2.05) is 62.4 Å². The molecule has 0 fully saturated rings. The molecule has 2 aromatic carbocycles. The predicted molar refractivity (Wildman–Crippen MR) is 104 cm³/mol. The van der Waals surface area contributed by atoms with Gasteiger partial charge in [-0.25, -0.2) is 4.98 Å². The zero-order valence-electron chi connectivity index (χ0n) is 14.8. The number of hydrogen-bond acceptors (Lipinski definition) is 4. The Bertz CT molecular complexity index is 857. The maximum atomic E-state index is 12.2. The van der Waals surface area contributed by atoms with Crippen molar-refractivity contribution in [2.45, 2.75) is 13.8 Å². The molecule has 0 aliphatic heterocycles. The molecule has 3 rings (SSSR count). The number of ether oxygens (including phenoxy) is 1. The van der Waals surface area contributed by atoms with Crippen molar-refractivity contribution in [3.63, 3.8) is 0 Å². The fourth-order valence-corrected chi connectivity index (χ4v) is 2.40. The van der Waals surface area contributed by atoms with Crippen LogP contribution in [0.25, 0.3) is 0 Å². The fraction of sp³-hybridized carbons (Fsp3) is 0.143. The molecule has 0 spiro atoms. The summed E-state index contributed by atoms with van der Waals surface area (Å²) in [5.74, 6) is 1.38. The van der Waals surface area contributed by atoms with Gasteiger partial charge in [0, 0.05) is 11.3 Å². The molecule has 0 saturated carbocycles. The Kier molecular flexibility index (Phi) is 5.49. The zero-order chi connectivity index (χ0) is 18.4. The van der Waals surface area contributed by atoms with Crippen LogP contribution < -0.4 is 15.4 Å². The van der Waals surface area contributed by atoms with Crippen LogP contribution in [0, 0.1) is 6.92 Å². The summed E-state index contributed by atoms with van der Waals surface area (Å²) in [6.07, 6.45) is 1.63. The van der Waals surface area contributed by atoms with E-state index in [0.29, 0.717) is 23.7 Å². The van der Waals surface area contributed by atoms with Gasteiger partial charge in [0.15, 0.2) is 0 Å². The van der Waals surface area contributed by atoms with Crippen molar-refractivity contribution in [1.82, 2.24) is 4.98 Å². The molecule has 132 valence electrons. The maximum Gasteiger partial charge on any atom is 0.255 e. The topological polar surface area (TPSA) is 63.2 Å². The summed E-state index contributed by atoms with van der Waals surface area (Å²) in [5.41, 5.74) is 3.30. The minimum atomic E-state index is -0.154. The second-order valence-corrected chi connectivity index (χ2v) is 5.83. The molecular weight excluding hydrogens is 326 g/mol. The van der Waals surface area contributed by atoms with Crippen LogP contribution in [0.1, 0.15) is 22.8 Å². The van der Waals surface area contributed by atoms with Crippen LogP contribution >= 0.6 is 0 Å². The molecule has 0 saturated heterocycles. The number of pyridine rings is 1. The zero-order valence-corrected chi connectivity index (χ0v) is 14.8. The van der Waals surface area contributed by atoms with E-state index < -0.39 is 0 Å². The molecule has 0 unspecified atom stereocenters. The highest BCUT2D eigenvalue weighted by molar-refractivity contribution is 6.04. The number of carbonyl (C=O) groups is 1. The molecule has 2 N–H and O–H groups in total. The number of amides is 1. The smallest absolute Gasteiger partial charge is 0.255 e. The van der Waals surface area contributed by atoms with E-state index in [2.05, 4.69) is 15.6 Å². The number of aryl methyl sites for hydroxylation is 1. The summed E-state index contributed by atoms with van der Waals surface area (Å²) in [6, 6.07) is 18.7. The third-order valence-electron chi connectivity index (χ3n) is 3.77. The molecule has 1 heterocycles. The van der Waals surface area contributed by atoms with Crippen LogP contribution in [0.5, 0.6) is 5.75 Å². The van der Waals surface area contributed by atoms with Crippen LogP contribution in [0.4, 0.5) is 17.2 Å². The molecule has 0 aliphatic rings. The SMILES string of the molecule is CCOc1ccc(Nc2ccc(NC(=O)c3ccc(C)cc3)cn2)cc1. The Morgan fingerprint density at radius 2 is 1.65 bits per heavy atom. The van der Waals surface area contributed by atoms with Crippen molar-refractivity contribution in [3.8, 4) is 5.75 Å². The molecule has 1 aromatic heterocycles. The Morgan fingerprint density at radius 3 is 2.27 bits per heavy atom.